The molecule has 1 aromatic heterocycles. The second kappa shape index (κ2) is 11.2. The third kappa shape index (κ3) is 6.61. The molecule has 0 aliphatic carbocycles. The Bertz CT molecular complexity index is 763. The fourth-order valence-corrected chi connectivity index (χ4v) is 3.13. The minimum Gasteiger partial charge on any atom is -0.316 e. The predicted octanol–water partition coefficient (Wildman–Crippen LogP) is 4.61. The fourth-order valence-electron chi connectivity index (χ4n) is 3.13. The number of aryl methyl sites for hydroxylation is 2. The van der Waals surface area contributed by atoms with Gasteiger partial charge in [0.2, 0.25) is 0 Å². The number of benzene rings is 1. The maximum absolute atomic E-state index is 4.84. The summed E-state index contributed by atoms with van der Waals surface area (Å²) in [6, 6.07) is 10.4. The van der Waals surface area contributed by atoms with Crippen molar-refractivity contribution in [3.05, 3.63) is 96.1 Å². The van der Waals surface area contributed by atoms with E-state index in [4.69, 9.17) is 9.97 Å². The first kappa shape index (κ1) is 20.8. The van der Waals surface area contributed by atoms with Gasteiger partial charge in [-0.3, -0.25) is 0 Å². The summed E-state index contributed by atoms with van der Waals surface area (Å²) in [7, 11) is 0. The molecule has 2 rings (SSSR count). The lowest BCUT2D eigenvalue weighted by atomic mass is 10.0. The summed E-state index contributed by atoms with van der Waals surface area (Å²) in [5, 5.41) is 3.51. The molecule has 0 saturated carbocycles. The topological polar surface area (TPSA) is 37.8 Å². The van der Waals surface area contributed by atoms with Crippen molar-refractivity contribution in [3.63, 3.8) is 0 Å². The number of hydrogen-bond acceptors (Lipinski definition) is 3. The Labute approximate surface area is 164 Å². The van der Waals surface area contributed by atoms with Crippen molar-refractivity contribution in [3.8, 4) is 0 Å². The smallest absolute Gasteiger partial charge is 0.133 e. The molecule has 2 aromatic rings. The highest BCUT2D eigenvalue weighted by atomic mass is 14.9. The summed E-state index contributed by atoms with van der Waals surface area (Å²) in [6.07, 6.45) is 10.5. The van der Waals surface area contributed by atoms with Gasteiger partial charge in [0.15, 0.2) is 0 Å². The molecule has 1 N–H and O–H groups in total. The van der Waals surface area contributed by atoms with Gasteiger partial charge in [0, 0.05) is 30.3 Å². The second-order valence-electron chi connectivity index (χ2n) is 6.64. The van der Waals surface area contributed by atoms with E-state index < -0.39 is 0 Å². The fraction of sp³-hybridized carbons (Fsp3) is 0.333. The number of nitrogens with zero attached hydrogens (tertiary/aromatic N) is 2. The van der Waals surface area contributed by atoms with Crippen LogP contribution in [0.2, 0.25) is 0 Å². The molecule has 0 aliphatic rings. The summed E-state index contributed by atoms with van der Waals surface area (Å²) < 4.78 is 0. The highest BCUT2D eigenvalue weighted by molar-refractivity contribution is 5.28. The Kier molecular flexibility index (Phi) is 8.66. The van der Waals surface area contributed by atoms with Crippen LogP contribution in [0, 0.1) is 12.8 Å². The molecule has 27 heavy (non-hydrogen) atoms. The van der Waals surface area contributed by atoms with Crippen molar-refractivity contribution in [2.24, 2.45) is 5.92 Å². The third-order valence-corrected chi connectivity index (χ3v) is 4.61. The molecule has 142 valence electrons. The molecule has 0 radical (unpaired) electrons. The largest absolute Gasteiger partial charge is 0.316 e. The Morgan fingerprint density at radius 3 is 2.59 bits per heavy atom. The minimum absolute atomic E-state index is 0.319. The monoisotopic (exact) mass is 361 g/mol. The van der Waals surface area contributed by atoms with E-state index in [0.29, 0.717) is 5.92 Å². The van der Waals surface area contributed by atoms with E-state index in [2.05, 4.69) is 62.7 Å². The number of rotatable bonds is 11. The summed E-state index contributed by atoms with van der Waals surface area (Å²) >= 11 is 0. The van der Waals surface area contributed by atoms with Crippen LogP contribution in [0.15, 0.2) is 67.8 Å². The lowest BCUT2D eigenvalue weighted by Crippen LogP contribution is -2.24. The molecule has 3 heteroatoms. The Morgan fingerprint density at radius 2 is 1.93 bits per heavy atom. The summed E-state index contributed by atoms with van der Waals surface area (Å²) in [5.41, 5.74) is 4.79. The van der Waals surface area contributed by atoms with E-state index in [0.717, 1.165) is 43.9 Å². The second-order valence-corrected chi connectivity index (χ2v) is 6.64. The van der Waals surface area contributed by atoms with Crippen LogP contribution in [-0.2, 0) is 19.3 Å². The van der Waals surface area contributed by atoms with Crippen LogP contribution in [-0.4, -0.2) is 23.1 Å². The maximum Gasteiger partial charge on any atom is 0.133 e. The van der Waals surface area contributed by atoms with Gasteiger partial charge in [-0.2, -0.15) is 0 Å². The molecule has 1 atom stereocenters. The molecule has 0 aliphatic heterocycles. The van der Waals surface area contributed by atoms with E-state index in [1.54, 1.807) is 6.08 Å². The van der Waals surface area contributed by atoms with Gasteiger partial charge < -0.3 is 5.32 Å². The molecule has 1 heterocycles. The van der Waals surface area contributed by atoms with Gasteiger partial charge in [0.1, 0.15) is 5.82 Å². The minimum atomic E-state index is 0.319. The van der Waals surface area contributed by atoms with Crippen molar-refractivity contribution < 1.29 is 0 Å². The summed E-state index contributed by atoms with van der Waals surface area (Å²) in [5.74, 6) is 1.23. The first-order valence-corrected chi connectivity index (χ1v) is 9.69. The molecule has 0 saturated heterocycles. The molecule has 1 unspecified atom stereocenters. The number of aromatic nitrogens is 2. The van der Waals surface area contributed by atoms with Crippen LogP contribution in [0.5, 0.6) is 0 Å². The van der Waals surface area contributed by atoms with E-state index in [1.807, 2.05) is 18.2 Å². The van der Waals surface area contributed by atoms with Gasteiger partial charge in [0.25, 0.3) is 0 Å². The molecule has 1 aromatic carbocycles. The highest BCUT2D eigenvalue weighted by Gasteiger charge is 2.11. The van der Waals surface area contributed by atoms with Crippen LogP contribution >= 0.6 is 0 Å². The molecule has 0 spiro atoms. The zero-order valence-corrected chi connectivity index (χ0v) is 16.6. The van der Waals surface area contributed by atoms with Crippen molar-refractivity contribution >= 4 is 0 Å². The average Bonchev–Trinajstić information content (AvgIpc) is 2.69. The third-order valence-electron chi connectivity index (χ3n) is 4.61. The standard InChI is InChI=1S/C24H31N3/c1-5-8-12-20(6-2)18-25-16-15-22-19(4)26-24(27-23(22)7-3)17-21-13-10-9-11-14-21/h5-6,8-14,20,25H,1-2,7,15-18H2,3-4H3. The van der Waals surface area contributed by atoms with Crippen LogP contribution in [0.3, 0.4) is 0 Å². The Hall–Kier alpha value is -2.52. The quantitative estimate of drug-likeness (QED) is 0.361. The molecular weight excluding hydrogens is 330 g/mol. The zero-order chi connectivity index (χ0) is 19.5. The first-order chi connectivity index (χ1) is 13.2. The van der Waals surface area contributed by atoms with E-state index >= 15 is 0 Å². The van der Waals surface area contributed by atoms with Gasteiger partial charge in [-0.15, -0.1) is 6.58 Å². The predicted molar refractivity (Wildman–Crippen MR) is 115 cm³/mol. The van der Waals surface area contributed by atoms with E-state index in [9.17, 15) is 0 Å². The van der Waals surface area contributed by atoms with Gasteiger partial charge in [-0.05, 0) is 37.4 Å². The van der Waals surface area contributed by atoms with Crippen molar-refractivity contribution in [2.45, 2.75) is 33.1 Å². The Balaban J connectivity index is 1.99. The van der Waals surface area contributed by atoms with Gasteiger partial charge in [-0.1, -0.05) is 68.1 Å². The molecule has 0 bridgehead atoms. The number of hydrogen-bond donors (Lipinski definition) is 1. The molecule has 0 fully saturated rings. The SMILES string of the molecule is C=CC=CC(C=C)CNCCc1c(C)nc(Cc2ccccc2)nc1CC. The molecular formula is C24H31N3. The zero-order valence-electron chi connectivity index (χ0n) is 16.6. The van der Waals surface area contributed by atoms with Crippen LogP contribution in [0.4, 0.5) is 0 Å². The van der Waals surface area contributed by atoms with Gasteiger partial charge >= 0.3 is 0 Å². The van der Waals surface area contributed by atoms with Crippen molar-refractivity contribution in [1.29, 1.82) is 0 Å². The van der Waals surface area contributed by atoms with Crippen LogP contribution in [0.25, 0.3) is 0 Å². The number of allylic oxidation sites excluding steroid dienone is 2. The molecule has 0 amide bonds. The number of nitrogens with one attached hydrogen (secondary N) is 1. The lowest BCUT2D eigenvalue weighted by molar-refractivity contribution is 0.624. The summed E-state index contributed by atoms with van der Waals surface area (Å²) in [4.78, 5) is 9.61. The lowest BCUT2D eigenvalue weighted by Gasteiger charge is -2.14. The first-order valence-electron chi connectivity index (χ1n) is 9.69. The van der Waals surface area contributed by atoms with Gasteiger partial charge in [0.05, 0.1) is 0 Å². The van der Waals surface area contributed by atoms with E-state index in [-0.39, 0.29) is 0 Å². The van der Waals surface area contributed by atoms with Crippen molar-refractivity contribution in [2.75, 3.05) is 13.1 Å². The maximum atomic E-state index is 4.84. The molecule has 3 nitrogen and oxygen atoms in total. The normalized spacial score (nSPS) is 12.2. The van der Waals surface area contributed by atoms with Crippen LogP contribution in [0.1, 0.15) is 35.3 Å². The van der Waals surface area contributed by atoms with Crippen LogP contribution < -0.4 is 5.32 Å². The van der Waals surface area contributed by atoms with Crippen molar-refractivity contribution in [1.82, 2.24) is 15.3 Å². The van der Waals surface area contributed by atoms with E-state index in [1.165, 1.54) is 16.8 Å². The highest BCUT2D eigenvalue weighted by Crippen LogP contribution is 2.15. The Morgan fingerprint density at radius 1 is 1.15 bits per heavy atom. The van der Waals surface area contributed by atoms with Gasteiger partial charge in [-0.25, -0.2) is 9.97 Å². The summed E-state index contributed by atoms with van der Waals surface area (Å²) in [6.45, 7) is 13.6. The average molecular weight is 362 g/mol.